The Hall–Kier alpha value is -0.990. The van der Waals surface area contributed by atoms with Crippen LogP contribution >= 0.6 is 11.6 Å². The predicted molar refractivity (Wildman–Crippen MR) is 69.1 cm³/mol. The van der Waals surface area contributed by atoms with Crippen LogP contribution in [0.4, 0.5) is 0 Å². The molecule has 0 amide bonds. The largest absolute Gasteiger partial charge is 0.489 e. The summed E-state index contributed by atoms with van der Waals surface area (Å²) < 4.78 is 5.68. The molecular weight excluding hydrogens is 222 g/mol. The van der Waals surface area contributed by atoms with Gasteiger partial charge in [-0.25, -0.2) is 0 Å². The number of nitrogens with one attached hydrogen (secondary N) is 1. The Morgan fingerprint density at radius 1 is 1.44 bits per heavy atom. The third kappa shape index (κ3) is 4.25. The second-order valence-corrected chi connectivity index (χ2v) is 4.31. The maximum Gasteiger partial charge on any atom is 0.124 e. The first-order valence-corrected chi connectivity index (χ1v) is 5.70. The van der Waals surface area contributed by atoms with Gasteiger partial charge in [-0.15, -0.1) is 0 Å². The fraction of sp³-hybridized carbons (Fsp3) is 0.385. The van der Waals surface area contributed by atoms with Crippen molar-refractivity contribution in [1.82, 2.24) is 5.32 Å². The van der Waals surface area contributed by atoms with Gasteiger partial charge in [0.15, 0.2) is 0 Å². The first-order chi connectivity index (χ1) is 7.63. The molecule has 0 spiro atoms. The summed E-state index contributed by atoms with van der Waals surface area (Å²) in [5.74, 6) is 0.885. The molecule has 1 N–H and O–H groups in total. The number of hydrogen-bond acceptors (Lipinski definition) is 2. The van der Waals surface area contributed by atoms with E-state index in [1.807, 2.05) is 25.2 Å². The summed E-state index contributed by atoms with van der Waals surface area (Å²) in [7, 11) is 1.90. The molecular formula is C13H18ClNO. The summed E-state index contributed by atoms with van der Waals surface area (Å²) in [4.78, 5) is 0. The van der Waals surface area contributed by atoms with E-state index in [0.717, 1.165) is 22.9 Å². The molecule has 3 heteroatoms. The van der Waals surface area contributed by atoms with E-state index in [2.05, 4.69) is 25.2 Å². The molecule has 16 heavy (non-hydrogen) atoms. The van der Waals surface area contributed by atoms with E-state index in [4.69, 9.17) is 16.3 Å². The summed E-state index contributed by atoms with van der Waals surface area (Å²) in [5.41, 5.74) is 2.33. The zero-order valence-corrected chi connectivity index (χ0v) is 10.8. The molecule has 0 unspecified atom stereocenters. The van der Waals surface area contributed by atoms with E-state index in [1.165, 1.54) is 5.57 Å². The van der Waals surface area contributed by atoms with E-state index in [-0.39, 0.29) is 0 Å². The maximum absolute atomic E-state index is 5.94. The van der Waals surface area contributed by atoms with Crippen molar-refractivity contribution < 1.29 is 4.74 Å². The van der Waals surface area contributed by atoms with Crippen LogP contribution < -0.4 is 10.1 Å². The fourth-order valence-corrected chi connectivity index (χ4v) is 1.51. The lowest BCUT2D eigenvalue weighted by Crippen LogP contribution is -2.07. The van der Waals surface area contributed by atoms with Gasteiger partial charge in [-0.05, 0) is 45.2 Å². The highest BCUT2D eigenvalue weighted by atomic mass is 35.5. The molecule has 1 aromatic carbocycles. The van der Waals surface area contributed by atoms with Crippen LogP contribution in [-0.2, 0) is 6.54 Å². The highest BCUT2D eigenvalue weighted by Gasteiger charge is 2.03. The van der Waals surface area contributed by atoms with Gasteiger partial charge in [0, 0.05) is 17.1 Å². The molecule has 0 saturated heterocycles. The Bertz CT molecular complexity index is 370. The quantitative estimate of drug-likeness (QED) is 0.796. The fourth-order valence-electron chi connectivity index (χ4n) is 1.32. The molecule has 0 heterocycles. The summed E-state index contributed by atoms with van der Waals surface area (Å²) in [5, 5.41) is 3.83. The Morgan fingerprint density at radius 3 is 2.81 bits per heavy atom. The Morgan fingerprint density at radius 2 is 2.19 bits per heavy atom. The van der Waals surface area contributed by atoms with Crippen molar-refractivity contribution in [1.29, 1.82) is 0 Å². The average Bonchev–Trinajstić information content (AvgIpc) is 2.21. The molecule has 0 aromatic heterocycles. The first-order valence-electron chi connectivity index (χ1n) is 5.32. The minimum atomic E-state index is 0.598. The summed E-state index contributed by atoms with van der Waals surface area (Å²) in [6.45, 7) is 5.46. The summed E-state index contributed by atoms with van der Waals surface area (Å²) in [6, 6.07) is 5.68. The molecule has 1 aromatic rings. The second-order valence-electron chi connectivity index (χ2n) is 3.87. The third-order valence-corrected chi connectivity index (χ3v) is 2.36. The van der Waals surface area contributed by atoms with Gasteiger partial charge >= 0.3 is 0 Å². The van der Waals surface area contributed by atoms with Crippen molar-refractivity contribution in [3.8, 4) is 5.75 Å². The van der Waals surface area contributed by atoms with Crippen molar-refractivity contribution in [3.05, 3.63) is 40.4 Å². The first kappa shape index (κ1) is 13.1. The highest BCUT2D eigenvalue weighted by Crippen LogP contribution is 2.22. The minimum absolute atomic E-state index is 0.598. The zero-order valence-electron chi connectivity index (χ0n) is 10.0. The lowest BCUT2D eigenvalue weighted by Gasteiger charge is -2.10. The molecule has 0 aliphatic heterocycles. The molecule has 0 saturated carbocycles. The van der Waals surface area contributed by atoms with Crippen LogP contribution in [0.15, 0.2) is 29.8 Å². The number of hydrogen-bond donors (Lipinski definition) is 1. The average molecular weight is 240 g/mol. The second kappa shape index (κ2) is 6.56. The van der Waals surface area contributed by atoms with E-state index < -0.39 is 0 Å². The van der Waals surface area contributed by atoms with E-state index in [0.29, 0.717) is 6.61 Å². The number of benzene rings is 1. The summed E-state index contributed by atoms with van der Waals surface area (Å²) in [6.07, 6.45) is 2.05. The lowest BCUT2D eigenvalue weighted by molar-refractivity contribution is 0.357. The van der Waals surface area contributed by atoms with Crippen molar-refractivity contribution in [2.24, 2.45) is 0 Å². The molecule has 0 atom stereocenters. The highest BCUT2D eigenvalue weighted by molar-refractivity contribution is 6.30. The zero-order chi connectivity index (χ0) is 12.0. The number of halogens is 1. The van der Waals surface area contributed by atoms with Gasteiger partial charge in [-0.1, -0.05) is 17.2 Å². The van der Waals surface area contributed by atoms with Gasteiger partial charge in [-0.2, -0.15) is 0 Å². The monoisotopic (exact) mass is 239 g/mol. The van der Waals surface area contributed by atoms with E-state index >= 15 is 0 Å². The molecule has 0 radical (unpaired) electrons. The Kier molecular flexibility index (Phi) is 5.36. The van der Waals surface area contributed by atoms with Crippen LogP contribution in [0, 0.1) is 0 Å². The minimum Gasteiger partial charge on any atom is -0.489 e. The van der Waals surface area contributed by atoms with Gasteiger partial charge in [0.05, 0.1) is 0 Å². The Labute approximate surface area is 102 Å². The van der Waals surface area contributed by atoms with Crippen LogP contribution in [-0.4, -0.2) is 13.7 Å². The van der Waals surface area contributed by atoms with Crippen LogP contribution in [0.2, 0.25) is 5.02 Å². The predicted octanol–water partition coefficient (Wildman–Crippen LogP) is 3.40. The summed E-state index contributed by atoms with van der Waals surface area (Å²) >= 11 is 5.94. The normalized spacial score (nSPS) is 10.0. The molecule has 0 aliphatic carbocycles. The van der Waals surface area contributed by atoms with Crippen molar-refractivity contribution >= 4 is 11.6 Å². The van der Waals surface area contributed by atoms with Gasteiger partial charge in [0.2, 0.25) is 0 Å². The SMILES string of the molecule is CNCc1cc(Cl)ccc1OCC=C(C)C. The van der Waals surface area contributed by atoms with Crippen LogP contribution in [0.3, 0.4) is 0 Å². The Balaban J connectivity index is 2.74. The molecule has 88 valence electrons. The van der Waals surface area contributed by atoms with E-state index in [1.54, 1.807) is 0 Å². The van der Waals surface area contributed by atoms with Crippen LogP contribution in [0.5, 0.6) is 5.75 Å². The van der Waals surface area contributed by atoms with Gasteiger partial charge in [-0.3, -0.25) is 0 Å². The molecule has 2 nitrogen and oxygen atoms in total. The molecule has 0 bridgehead atoms. The lowest BCUT2D eigenvalue weighted by atomic mass is 10.2. The van der Waals surface area contributed by atoms with Crippen molar-refractivity contribution in [2.75, 3.05) is 13.7 Å². The molecule has 0 fully saturated rings. The number of ether oxygens (including phenoxy) is 1. The van der Waals surface area contributed by atoms with Crippen LogP contribution in [0.25, 0.3) is 0 Å². The standard InChI is InChI=1S/C13H18ClNO/c1-10(2)6-7-16-13-5-4-12(14)8-11(13)9-15-3/h4-6,8,15H,7,9H2,1-3H3. The smallest absolute Gasteiger partial charge is 0.124 e. The number of allylic oxidation sites excluding steroid dienone is 1. The third-order valence-electron chi connectivity index (χ3n) is 2.12. The molecule has 0 aliphatic rings. The molecule has 1 rings (SSSR count). The number of rotatable bonds is 5. The van der Waals surface area contributed by atoms with Crippen LogP contribution in [0.1, 0.15) is 19.4 Å². The van der Waals surface area contributed by atoms with Crippen molar-refractivity contribution in [3.63, 3.8) is 0 Å². The van der Waals surface area contributed by atoms with Crippen molar-refractivity contribution in [2.45, 2.75) is 20.4 Å². The van der Waals surface area contributed by atoms with Gasteiger partial charge < -0.3 is 10.1 Å². The van der Waals surface area contributed by atoms with E-state index in [9.17, 15) is 0 Å². The van der Waals surface area contributed by atoms with Gasteiger partial charge in [0.1, 0.15) is 12.4 Å². The topological polar surface area (TPSA) is 21.3 Å². The van der Waals surface area contributed by atoms with Gasteiger partial charge in [0.25, 0.3) is 0 Å². The maximum atomic E-state index is 5.94.